The number of carbonyl (C=O) groups is 2. The van der Waals surface area contributed by atoms with Crippen molar-refractivity contribution in [3.05, 3.63) is 69.7 Å². The summed E-state index contributed by atoms with van der Waals surface area (Å²) < 4.78 is 10.3. The number of halogens is 2. The second-order valence-corrected chi connectivity index (χ2v) is 6.43. The number of ether oxygens (including phenoxy) is 2. The number of amides is 1. The summed E-state index contributed by atoms with van der Waals surface area (Å²) in [5.41, 5.74) is 1.51. The van der Waals surface area contributed by atoms with Gasteiger partial charge in [0.05, 0.1) is 17.2 Å². The normalized spacial score (nSPS) is 11.9. The van der Waals surface area contributed by atoms with Gasteiger partial charge in [-0.1, -0.05) is 47.5 Å². The molecule has 0 heterocycles. The second-order valence-electron chi connectivity index (χ2n) is 5.62. The van der Waals surface area contributed by atoms with Gasteiger partial charge in [-0.3, -0.25) is 4.79 Å². The van der Waals surface area contributed by atoms with E-state index in [2.05, 4.69) is 5.32 Å². The van der Waals surface area contributed by atoms with Crippen LogP contribution in [0.5, 0.6) is 5.75 Å². The van der Waals surface area contributed by atoms with E-state index in [1.54, 1.807) is 31.4 Å². The number of hydrogen-bond acceptors (Lipinski definition) is 4. The van der Waals surface area contributed by atoms with E-state index in [1.807, 2.05) is 18.2 Å². The number of hydrogen-bond donors (Lipinski definition) is 1. The minimum Gasteiger partial charge on any atom is -0.496 e. The van der Waals surface area contributed by atoms with Gasteiger partial charge in [0.1, 0.15) is 5.75 Å². The molecule has 0 spiro atoms. The number of nitrogens with one attached hydrogen (secondary N) is 1. The summed E-state index contributed by atoms with van der Waals surface area (Å²) in [7, 11) is 1.56. The van der Waals surface area contributed by atoms with Gasteiger partial charge >= 0.3 is 5.97 Å². The smallest absolute Gasteiger partial charge is 0.331 e. The van der Waals surface area contributed by atoms with Gasteiger partial charge in [-0.15, -0.1) is 0 Å². The molecule has 142 valence electrons. The maximum atomic E-state index is 12.1. The highest BCUT2D eigenvalue weighted by Gasteiger charge is 2.16. The van der Waals surface area contributed by atoms with Crippen molar-refractivity contribution in [1.29, 1.82) is 0 Å². The molecule has 0 aromatic heterocycles. The lowest BCUT2D eigenvalue weighted by molar-refractivity contribution is -0.150. The van der Waals surface area contributed by atoms with E-state index >= 15 is 0 Å². The van der Waals surface area contributed by atoms with Crippen molar-refractivity contribution in [3.63, 3.8) is 0 Å². The van der Waals surface area contributed by atoms with Crippen molar-refractivity contribution in [1.82, 2.24) is 5.32 Å². The molecule has 1 atom stereocenters. The van der Waals surface area contributed by atoms with E-state index in [-0.39, 0.29) is 6.54 Å². The molecule has 27 heavy (non-hydrogen) atoms. The molecule has 0 aliphatic rings. The SMILES string of the molecule is COc1ccccc1CNC(=O)[C@H](C)OC(=O)/C=C/c1ccc(Cl)c(Cl)c1. The van der Waals surface area contributed by atoms with Crippen molar-refractivity contribution in [2.45, 2.75) is 19.6 Å². The molecule has 2 aromatic carbocycles. The molecule has 7 heteroatoms. The molecule has 1 N–H and O–H groups in total. The van der Waals surface area contributed by atoms with Crippen LogP contribution in [-0.4, -0.2) is 25.1 Å². The fraction of sp³-hybridized carbons (Fsp3) is 0.200. The zero-order valence-corrected chi connectivity index (χ0v) is 16.4. The Morgan fingerprint density at radius 2 is 1.89 bits per heavy atom. The van der Waals surface area contributed by atoms with Gasteiger partial charge in [-0.2, -0.15) is 0 Å². The summed E-state index contributed by atoms with van der Waals surface area (Å²) >= 11 is 11.8. The van der Waals surface area contributed by atoms with Gasteiger partial charge in [0.2, 0.25) is 0 Å². The zero-order chi connectivity index (χ0) is 19.8. The first-order chi connectivity index (χ1) is 12.9. The first-order valence-corrected chi connectivity index (χ1v) is 8.89. The summed E-state index contributed by atoms with van der Waals surface area (Å²) in [5.74, 6) is -0.370. The second kappa shape index (κ2) is 10.00. The number of methoxy groups -OCH3 is 1. The Bertz CT molecular complexity index is 852. The number of rotatable bonds is 7. The summed E-state index contributed by atoms with van der Waals surface area (Å²) in [5, 5.41) is 3.53. The van der Waals surface area contributed by atoms with E-state index in [1.165, 1.54) is 19.1 Å². The van der Waals surface area contributed by atoms with Crippen LogP contribution in [-0.2, 0) is 20.9 Å². The molecular weight excluding hydrogens is 389 g/mol. The van der Waals surface area contributed by atoms with E-state index in [0.717, 1.165) is 5.56 Å². The standard InChI is InChI=1S/C20H19Cl2NO4/c1-13(20(25)23-12-15-5-3-4-6-18(15)26-2)27-19(24)10-8-14-7-9-16(21)17(22)11-14/h3-11,13H,12H2,1-2H3,(H,23,25)/b10-8+/t13-/m0/s1. The third-order valence-corrected chi connectivity index (χ3v) is 4.40. The molecule has 2 aromatic rings. The Morgan fingerprint density at radius 3 is 2.59 bits per heavy atom. The predicted octanol–water partition coefficient (Wildman–Crippen LogP) is 4.26. The minimum atomic E-state index is -0.939. The number of para-hydroxylation sites is 1. The summed E-state index contributed by atoms with van der Waals surface area (Å²) in [6.45, 7) is 1.77. The topological polar surface area (TPSA) is 64.6 Å². The average Bonchev–Trinajstić information content (AvgIpc) is 2.67. The Hall–Kier alpha value is -2.50. The Morgan fingerprint density at radius 1 is 1.15 bits per heavy atom. The molecule has 5 nitrogen and oxygen atoms in total. The Kier molecular flexibility index (Phi) is 7.70. The lowest BCUT2D eigenvalue weighted by atomic mass is 10.2. The highest BCUT2D eigenvalue weighted by atomic mass is 35.5. The van der Waals surface area contributed by atoms with Crippen molar-refractivity contribution < 1.29 is 19.1 Å². The van der Waals surface area contributed by atoms with Gasteiger partial charge in [0, 0.05) is 18.2 Å². The molecule has 0 bridgehead atoms. The maximum Gasteiger partial charge on any atom is 0.331 e. The molecule has 0 aliphatic carbocycles. The quantitative estimate of drug-likeness (QED) is 0.549. The van der Waals surface area contributed by atoms with Gasteiger partial charge in [0.25, 0.3) is 5.91 Å². The van der Waals surface area contributed by atoms with Crippen molar-refractivity contribution >= 4 is 41.2 Å². The number of esters is 1. The van der Waals surface area contributed by atoms with Crippen LogP contribution in [0.3, 0.4) is 0 Å². The van der Waals surface area contributed by atoms with Crippen LogP contribution in [0.2, 0.25) is 10.0 Å². The first kappa shape index (κ1) is 20.8. The molecule has 0 aliphatic heterocycles. The molecule has 0 saturated heterocycles. The lowest BCUT2D eigenvalue weighted by Crippen LogP contribution is -2.35. The third kappa shape index (κ3) is 6.31. The van der Waals surface area contributed by atoms with Crippen molar-refractivity contribution in [2.24, 2.45) is 0 Å². The summed E-state index contributed by atoms with van der Waals surface area (Å²) in [6.07, 6.45) is 1.82. The highest BCUT2D eigenvalue weighted by Crippen LogP contribution is 2.23. The van der Waals surface area contributed by atoms with Gasteiger partial charge in [-0.25, -0.2) is 4.79 Å². The predicted molar refractivity (Wildman–Crippen MR) is 106 cm³/mol. The molecule has 2 rings (SSSR count). The first-order valence-electron chi connectivity index (χ1n) is 8.14. The van der Waals surface area contributed by atoms with Crippen molar-refractivity contribution in [2.75, 3.05) is 7.11 Å². The van der Waals surface area contributed by atoms with E-state index in [4.69, 9.17) is 32.7 Å². The Labute approximate surface area is 167 Å². The highest BCUT2D eigenvalue weighted by molar-refractivity contribution is 6.42. The molecule has 0 unspecified atom stereocenters. The fourth-order valence-electron chi connectivity index (χ4n) is 2.22. The van der Waals surface area contributed by atoms with Crippen molar-refractivity contribution in [3.8, 4) is 5.75 Å². The monoisotopic (exact) mass is 407 g/mol. The van der Waals surface area contributed by atoms with E-state index in [0.29, 0.717) is 21.4 Å². The average molecular weight is 408 g/mol. The molecule has 0 fully saturated rings. The van der Waals surface area contributed by atoms with E-state index in [9.17, 15) is 9.59 Å². The van der Waals surface area contributed by atoms with Crippen LogP contribution < -0.4 is 10.1 Å². The van der Waals surface area contributed by atoms with Crippen LogP contribution >= 0.6 is 23.2 Å². The van der Waals surface area contributed by atoms with E-state index < -0.39 is 18.0 Å². The van der Waals surface area contributed by atoms with Crippen LogP contribution in [0.15, 0.2) is 48.5 Å². The summed E-state index contributed by atoms with van der Waals surface area (Å²) in [6, 6.07) is 12.3. The number of carbonyl (C=O) groups excluding carboxylic acids is 2. The van der Waals surface area contributed by atoms with Gasteiger partial charge in [0.15, 0.2) is 6.10 Å². The Balaban J connectivity index is 1.86. The molecule has 0 saturated carbocycles. The van der Waals surface area contributed by atoms with Crippen LogP contribution in [0.25, 0.3) is 6.08 Å². The third-order valence-electron chi connectivity index (χ3n) is 3.66. The van der Waals surface area contributed by atoms with Crippen LogP contribution in [0, 0.1) is 0 Å². The van der Waals surface area contributed by atoms with Crippen LogP contribution in [0.1, 0.15) is 18.1 Å². The van der Waals surface area contributed by atoms with Gasteiger partial charge in [-0.05, 0) is 36.8 Å². The largest absolute Gasteiger partial charge is 0.496 e. The fourth-order valence-corrected chi connectivity index (χ4v) is 2.53. The minimum absolute atomic E-state index is 0.268. The molecule has 1 amide bonds. The van der Waals surface area contributed by atoms with Gasteiger partial charge < -0.3 is 14.8 Å². The van der Waals surface area contributed by atoms with Crippen LogP contribution in [0.4, 0.5) is 0 Å². The molecular formula is C20H19Cl2NO4. The zero-order valence-electron chi connectivity index (χ0n) is 14.9. The number of benzene rings is 2. The lowest BCUT2D eigenvalue weighted by Gasteiger charge is -2.13. The maximum absolute atomic E-state index is 12.1. The molecule has 0 radical (unpaired) electrons. The summed E-state index contributed by atoms with van der Waals surface area (Å²) in [4.78, 5) is 24.0.